The first-order valence-corrected chi connectivity index (χ1v) is 6.34. The van der Waals surface area contributed by atoms with Gasteiger partial charge < -0.3 is 10.2 Å². The van der Waals surface area contributed by atoms with Crippen molar-refractivity contribution in [1.29, 1.82) is 0 Å². The standard InChI is InChI=1S/C13H17ClN2/c1-8-5-10-6-15-3-4-16-7-9(2)11(12(8)14)13(10)16/h5,9,15H,3-4,6-7H2,1-2H3. The average Bonchev–Trinajstić information content (AvgIpc) is 2.45. The Kier molecular flexibility index (Phi) is 2.37. The van der Waals surface area contributed by atoms with Crippen molar-refractivity contribution in [1.82, 2.24) is 5.32 Å². The SMILES string of the molecule is Cc1cc2c3c(c1Cl)C(C)CN3CCNC2. The van der Waals surface area contributed by atoms with Gasteiger partial charge in [-0.2, -0.15) is 0 Å². The van der Waals surface area contributed by atoms with Crippen LogP contribution in [0.3, 0.4) is 0 Å². The molecule has 2 heterocycles. The number of benzene rings is 1. The summed E-state index contributed by atoms with van der Waals surface area (Å²) in [5.41, 5.74) is 5.42. The molecule has 0 saturated heterocycles. The number of nitrogens with zero attached hydrogens (tertiary/aromatic N) is 1. The van der Waals surface area contributed by atoms with Crippen LogP contribution in [0.1, 0.15) is 29.5 Å². The highest BCUT2D eigenvalue weighted by molar-refractivity contribution is 6.32. The number of aryl methyl sites for hydroxylation is 1. The molecule has 0 bridgehead atoms. The van der Waals surface area contributed by atoms with Gasteiger partial charge in [0, 0.05) is 42.8 Å². The molecule has 2 aliphatic heterocycles. The van der Waals surface area contributed by atoms with E-state index >= 15 is 0 Å². The Balaban J connectivity index is 2.26. The summed E-state index contributed by atoms with van der Waals surface area (Å²) < 4.78 is 0. The second-order valence-corrected chi connectivity index (χ2v) is 5.33. The molecule has 1 aromatic carbocycles. The van der Waals surface area contributed by atoms with Crippen molar-refractivity contribution in [2.75, 3.05) is 24.5 Å². The van der Waals surface area contributed by atoms with E-state index in [1.807, 2.05) is 0 Å². The lowest BCUT2D eigenvalue weighted by Gasteiger charge is -2.19. The molecule has 3 heteroatoms. The number of rotatable bonds is 0. The molecule has 2 nitrogen and oxygen atoms in total. The van der Waals surface area contributed by atoms with Crippen molar-refractivity contribution in [2.45, 2.75) is 26.3 Å². The van der Waals surface area contributed by atoms with Crippen LogP contribution in [0.5, 0.6) is 0 Å². The van der Waals surface area contributed by atoms with Crippen LogP contribution in [0.4, 0.5) is 5.69 Å². The summed E-state index contributed by atoms with van der Waals surface area (Å²) in [7, 11) is 0. The molecule has 1 unspecified atom stereocenters. The Morgan fingerprint density at radius 3 is 3.12 bits per heavy atom. The minimum Gasteiger partial charge on any atom is -0.369 e. The van der Waals surface area contributed by atoms with Gasteiger partial charge in [-0.25, -0.2) is 0 Å². The van der Waals surface area contributed by atoms with E-state index in [9.17, 15) is 0 Å². The normalized spacial score (nSPS) is 23.2. The minimum absolute atomic E-state index is 0.569. The molecule has 86 valence electrons. The van der Waals surface area contributed by atoms with Crippen molar-refractivity contribution in [3.05, 3.63) is 27.8 Å². The topological polar surface area (TPSA) is 15.3 Å². The summed E-state index contributed by atoms with van der Waals surface area (Å²) in [4.78, 5) is 2.49. The van der Waals surface area contributed by atoms with Gasteiger partial charge in [-0.1, -0.05) is 24.6 Å². The zero-order valence-corrected chi connectivity index (χ0v) is 10.6. The first-order chi connectivity index (χ1) is 7.68. The fourth-order valence-corrected chi connectivity index (χ4v) is 3.32. The van der Waals surface area contributed by atoms with Crippen LogP contribution in [0.25, 0.3) is 0 Å². The number of nitrogens with one attached hydrogen (secondary N) is 1. The molecule has 0 aromatic heterocycles. The molecule has 0 spiro atoms. The van der Waals surface area contributed by atoms with Gasteiger partial charge in [0.15, 0.2) is 0 Å². The lowest BCUT2D eigenvalue weighted by atomic mass is 9.97. The van der Waals surface area contributed by atoms with Crippen LogP contribution in [0.2, 0.25) is 5.02 Å². The first kappa shape index (κ1) is 10.4. The third-order valence-corrected chi connectivity index (χ3v) is 4.21. The zero-order valence-electron chi connectivity index (χ0n) is 9.81. The van der Waals surface area contributed by atoms with E-state index in [-0.39, 0.29) is 0 Å². The summed E-state index contributed by atoms with van der Waals surface area (Å²) in [5.74, 6) is 0.569. The van der Waals surface area contributed by atoms with Gasteiger partial charge in [0.1, 0.15) is 0 Å². The quantitative estimate of drug-likeness (QED) is 0.745. The second kappa shape index (κ2) is 3.64. The van der Waals surface area contributed by atoms with Gasteiger partial charge in [0.2, 0.25) is 0 Å². The van der Waals surface area contributed by atoms with Crippen LogP contribution in [-0.2, 0) is 6.54 Å². The van der Waals surface area contributed by atoms with Crippen LogP contribution in [0, 0.1) is 6.92 Å². The largest absolute Gasteiger partial charge is 0.369 e. The zero-order chi connectivity index (χ0) is 11.3. The van der Waals surface area contributed by atoms with Crippen molar-refractivity contribution in [2.24, 2.45) is 0 Å². The molecule has 1 aromatic rings. The second-order valence-electron chi connectivity index (χ2n) is 4.95. The van der Waals surface area contributed by atoms with E-state index in [0.29, 0.717) is 5.92 Å². The van der Waals surface area contributed by atoms with E-state index in [2.05, 4.69) is 30.1 Å². The molecule has 0 aliphatic carbocycles. The summed E-state index contributed by atoms with van der Waals surface area (Å²) in [6.07, 6.45) is 0. The molecule has 1 N–H and O–H groups in total. The Bertz CT molecular complexity index is 442. The highest BCUT2D eigenvalue weighted by atomic mass is 35.5. The summed E-state index contributed by atoms with van der Waals surface area (Å²) in [5, 5.41) is 4.45. The van der Waals surface area contributed by atoms with Crippen LogP contribution in [0.15, 0.2) is 6.07 Å². The Labute approximate surface area is 102 Å². The van der Waals surface area contributed by atoms with E-state index in [1.165, 1.54) is 22.4 Å². The van der Waals surface area contributed by atoms with Gasteiger partial charge >= 0.3 is 0 Å². The van der Waals surface area contributed by atoms with Gasteiger partial charge in [-0.05, 0) is 23.6 Å². The Morgan fingerprint density at radius 2 is 2.31 bits per heavy atom. The highest BCUT2D eigenvalue weighted by Crippen LogP contribution is 2.44. The Morgan fingerprint density at radius 1 is 1.50 bits per heavy atom. The number of halogens is 1. The number of hydrogen-bond donors (Lipinski definition) is 1. The predicted octanol–water partition coefficient (Wildman–Crippen LogP) is 2.68. The lowest BCUT2D eigenvalue weighted by molar-refractivity contribution is 0.674. The van der Waals surface area contributed by atoms with Crippen LogP contribution in [-0.4, -0.2) is 19.6 Å². The molecular weight excluding hydrogens is 220 g/mol. The van der Waals surface area contributed by atoms with Crippen molar-refractivity contribution >= 4 is 17.3 Å². The first-order valence-electron chi connectivity index (χ1n) is 5.96. The molecule has 0 saturated carbocycles. The molecule has 16 heavy (non-hydrogen) atoms. The maximum Gasteiger partial charge on any atom is 0.0491 e. The molecule has 0 fully saturated rings. The van der Waals surface area contributed by atoms with Crippen molar-refractivity contribution in [3.63, 3.8) is 0 Å². The predicted molar refractivity (Wildman–Crippen MR) is 68.5 cm³/mol. The van der Waals surface area contributed by atoms with Gasteiger partial charge in [0.05, 0.1) is 0 Å². The number of hydrogen-bond acceptors (Lipinski definition) is 2. The minimum atomic E-state index is 0.569. The summed E-state index contributed by atoms with van der Waals surface area (Å²) >= 11 is 6.46. The van der Waals surface area contributed by atoms with E-state index in [0.717, 1.165) is 31.2 Å². The average molecular weight is 237 g/mol. The fraction of sp³-hybridized carbons (Fsp3) is 0.538. The van der Waals surface area contributed by atoms with E-state index < -0.39 is 0 Å². The molecule has 0 amide bonds. The van der Waals surface area contributed by atoms with Crippen molar-refractivity contribution < 1.29 is 0 Å². The van der Waals surface area contributed by atoms with E-state index in [1.54, 1.807) is 0 Å². The molecule has 3 rings (SSSR count). The number of anilines is 1. The van der Waals surface area contributed by atoms with Gasteiger partial charge in [-0.3, -0.25) is 0 Å². The maximum atomic E-state index is 6.46. The van der Waals surface area contributed by atoms with Gasteiger partial charge in [-0.15, -0.1) is 0 Å². The smallest absolute Gasteiger partial charge is 0.0491 e. The fourth-order valence-electron chi connectivity index (χ4n) is 2.99. The monoisotopic (exact) mass is 236 g/mol. The third kappa shape index (κ3) is 1.36. The Hall–Kier alpha value is -0.730. The van der Waals surface area contributed by atoms with Crippen LogP contribution < -0.4 is 10.2 Å². The molecule has 1 atom stereocenters. The third-order valence-electron chi connectivity index (χ3n) is 3.71. The van der Waals surface area contributed by atoms with E-state index in [4.69, 9.17) is 11.6 Å². The van der Waals surface area contributed by atoms with Crippen LogP contribution >= 0.6 is 11.6 Å². The lowest BCUT2D eigenvalue weighted by Crippen LogP contribution is -2.27. The van der Waals surface area contributed by atoms with Gasteiger partial charge in [0.25, 0.3) is 0 Å². The van der Waals surface area contributed by atoms with Crippen molar-refractivity contribution in [3.8, 4) is 0 Å². The molecule has 2 aliphatic rings. The summed E-state index contributed by atoms with van der Waals surface area (Å²) in [6.45, 7) is 8.65. The molecular formula is C13H17ClN2. The highest BCUT2D eigenvalue weighted by Gasteiger charge is 2.31. The summed E-state index contributed by atoms with van der Waals surface area (Å²) in [6, 6.07) is 2.24. The molecule has 0 radical (unpaired) electrons. The maximum absolute atomic E-state index is 6.46.